The lowest BCUT2D eigenvalue weighted by Gasteiger charge is -2.21. The van der Waals surface area contributed by atoms with Crippen molar-refractivity contribution < 1.29 is 4.79 Å². The number of likely N-dealkylation sites (N-methyl/N-ethyl adjacent to an activating group) is 1. The molecule has 0 aliphatic heterocycles. The molecule has 0 bridgehead atoms. The molecule has 1 amide bonds. The molecule has 0 fully saturated rings. The normalized spacial score (nSPS) is 11.2. The fraction of sp³-hybridized carbons (Fsp3) is 0.450. The second-order valence-corrected chi connectivity index (χ2v) is 8.20. The van der Waals surface area contributed by atoms with Crippen LogP contribution in [0.5, 0.6) is 0 Å². The fourth-order valence-corrected chi connectivity index (χ4v) is 3.81. The summed E-state index contributed by atoms with van der Waals surface area (Å²) in [7, 11) is 4.00. The summed E-state index contributed by atoms with van der Waals surface area (Å²) in [6.45, 7) is 7.56. The van der Waals surface area contributed by atoms with E-state index in [0.29, 0.717) is 12.2 Å². The molecule has 0 aliphatic carbocycles. The lowest BCUT2D eigenvalue weighted by molar-refractivity contribution is 0.0979. The summed E-state index contributed by atoms with van der Waals surface area (Å²) < 4.78 is 2.92. The highest BCUT2D eigenvalue weighted by molar-refractivity contribution is 7.22. The number of thiazole rings is 1. The molecule has 8 heteroatoms. The Labute approximate surface area is 176 Å². The van der Waals surface area contributed by atoms with E-state index in [4.69, 9.17) is 4.98 Å². The van der Waals surface area contributed by atoms with Crippen LogP contribution in [0, 0.1) is 0 Å². The first-order valence-corrected chi connectivity index (χ1v) is 10.1. The van der Waals surface area contributed by atoms with E-state index < -0.39 is 0 Å². The van der Waals surface area contributed by atoms with E-state index in [1.807, 2.05) is 44.9 Å². The van der Waals surface area contributed by atoms with Gasteiger partial charge in [-0.05, 0) is 58.1 Å². The zero-order valence-electron chi connectivity index (χ0n) is 17.0. The van der Waals surface area contributed by atoms with Crippen molar-refractivity contribution in [2.24, 2.45) is 0 Å². The van der Waals surface area contributed by atoms with Gasteiger partial charge in [0.1, 0.15) is 0 Å². The number of aromatic nitrogens is 3. The van der Waals surface area contributed by atoms with Crippen LogP contribution in [-0.2, 0) is 6.42 Å². The van der Waals surface area contributed by atoms with Gasteiger partial charge in [0.25, 0.3) is 5.91 Å². The molecular weight excluding hydrogens is 394 g/mol. The van der Waals surface area contributed by atoms with Gasteiger partial charge < -0.3 is 4.90 Å². The molecule has 6 nitrogen and oxygen atoms in total. The Hall–Kier alpha value is -1.96. The van der Waals surface area contributed by atoms with Crippen LogP contribution < -0.4 is 4.90 Å². The first-order chi connectivity index (χ1) is 12.9. The summed E-state index contributed by atoms with van der Waals surface area (Å²) in [5, 5.41) is 5.18. The van der Waals surface area contributed by atoms with Crippen molar-refractivity contribution in [1.82, 2.24) is 19.7 Å². The Bertz CT molecular complexity index is 934. The van der Waals surface area contributed by atoms with E-state index in [2.05, 4.69) is 29.1 Å². The Morgan fingerprint density at radius 1 is 1.21 bits per heavy atom. The molecule has 152 valence electrons. The Kier molecular flexibility index (Phi) is 7.57. The predicted molar refractivity (Wildman–Crippen MR) is 119 cm³/mol. The summed E-state index contributed by atoms with van der Waals surface area (Å²) in [6.07, 6.45) is 2.84. The minimum atomic E-state index is -0.106. The molecule has 3 rings (SSSR count). The van der Waals surface area contributed by atoms with Crippen molar-refractivity contribution >= 4 is 45.0 Å². The average molecular weight is 422 g/mol. The molecular formula is C20H28ClN5OS. The number of carbonyl (C=O) groups excluding carboxylic acids is 1. The first-order valence-electron chi connectivity index (χ1n) is 9.30. The lowest BCUT2D eigenvalue weighted by atomic mass is 10.2. The summed E-state index contributed by atoms with van der Waals surface area (Å²) in [5.74, 6) is -0.106. The Morgan fingerprint density at radius 2 is 1.96 bits per heavy atom. The molecule has 3 aromatic rings. The van der Waals surface area contributed by atoms with Crippen molar-refractivity contribution in [2.75, 3.05) is 32.1 Å². The van der Waals surface area contributed by atoms with Crippen LogP contribution in [0.15, 0.2) is 30.5 Å². The summed E-state index contributed by atoms with van der Waals surface area (Å²) in [6, 6.07) is 8.31. The summed E-state index contributed by atoms with van der Waals surface area (Å²) in [5.41, 5.74) is 2.66. The van der Waals surface area contributed by atoms with E-state index in [0.717, 1.165) is 28.3 Å². The average Bonchev–Trinajstić information content (AvgIpc) is 3.27. The fourth-order valence-electron chi connectivity index (χ4n) is 2.75. The van der Waals surface area contributed by atoms with Crippen LogP contribution in [0.1, 0.15) is 42.9 Å². The number of aryl methyl sites for hydroxylation is 1. The number of fused-ring (bicyclic) bond motifs is 1. The maximum absolute atomic E-state index is 13.2. The van der Waals surface area contributed by atoms with Crippen LogP contribution in [0.2, 0.25) is 0 Å². The lowest BCUT2D eigenvalue weighted by Crippen LogP contribution is -2.37. The number of benzene rings is 1. The topological polar surface area (TPSA) is 54.3 Å². The third-order valence-electron chi connectivity index (χ3n) is 4.45. The molecule has 0 unspecified atom stereocenters. The zero-order chi connectivity index (χ0) is 19.6. The molecule has 2 heterocycles. The highest BCUT2D eigenvalue weighted by atomic mass is 35.5. The number of hydrogen-bond donors (Lipinski definition) is 0. The molecule has 2 aromatic heterocycles. The quantitative estimate of drug-likeness (QED) is 0.571. The molecule has 0 saturated heterocycles. The van der Waals surface area contributed by atoms with E-state index in [-0.39, 0.29) is 24.4 Å². The van der Waals surface area contributed by atoms with Gasteiger partial charge in [0.2, 0.25) is 0 Å². The molecule has 1 aromatic carbocycles. The van der Waals surface area contributed by atoms with Crippen molar-refractivity contribution in [3.63, 3.8) is 0 Å². The number of halogens is 1. The monoisotopic (exact) mass is 421 g/mol. The van der Waals surface area contributed by atoms with E-state index in [1.165, 1.54) is 5.56 Å². The van der Waals surface area contributed by atoms with E-state index in [1.54, 1.807) is 22.3 Å². The number of anilines is 1. The maximum Gasteiger partial charge on any atom is 0.280 e. The van der Waals surface area contributed by atoms with Crippen LogP contribution in [0.3, 0.4) is 0 Å². The molecule has 0 N–H and O–H groups in total. The number of amides is 1. The predicted octanol–water partition coefficient (Wildman–Crippen LogP) is 4.27. The zero-order valence-corrected chi connectivity index (χ0v) is 18.7. The first kappa shape index (κ1) is 22.3. The third-order valence-corrected chi connectivity index (χ3v) is 5.49. The van der Waals surface area contributed by atoms with Gasteiger partial charge in [-0.25, -0.2) is 4.98 Å². The van der Waals surface area contributed by atoms with Crippen LogP contribution >= 0.6 is 23.7 Å². The minimum absolute atomic E-state index is 0. The molecule has 0 aliphatic rings. The Morgan fingerprint density at radius 3 is 2.57 bits per heavy atom. The van der Waals surface area contributed by atoms with Gasteiger partial charge in [0.05, 0.1) is 10.2 Å². The van der Waals surface area contributed by atoms with Crippen molar-refractivity contribution in [3.8, 4) is 0 Å². The van der Waals surface area contributed by atoms with Gasteiger partial charge in [-0.15, -0.1) is 12.4 Å². The molecule has 0 atom stereocenters. The van der Waals surface area contributed by atoms with Gasteiger partial charge in [-0.1, -0.05) is 24.3 Å². The Balaban J connectivity index is 0.00000280. The number of nitrogens with zero attached hydrogens (tertiary/aromatic N) is 5. The van der Waals surface area contributed by atoms with Crippen molar-refractivity contribution in [1.29, 1.82) is 0 Å². The molecule has 0 spiro atoms. The van der Waals surface area contributed by atoms with Crippen molar-refractivity contribution in [3.05, 3.63) is 41.7 Å². The largest absolute Gasteiger partial charge is 0.308 e. The van der Waals surface area contributed by atoms with Gasteiger partial charge >= 0.3 is 0 Å². The van der Waals surface area contributed by atoms with Crippen LogP contribution in [0.25, 0.3) is 10.2 Å². The van der Waals surface area contributed by atoms with Gasteiger partial charge in [-0.2, -0.15) is 5.10 Å². The van der Waals surface area contributed by atoms with Crippen LogP contribution in [-0.4, -0.2) is 52.8 Å². The molecule has 0 radical (unpaired) electrons. The van der Waals surface area contributed by atoms with Gasteiger partial charge in [0.15, 0.2) is 10.8 Å². The number of rotatable bonds is 7. The number of hydrogen-bond acceptors (Lipinski definition) is 5. The summed E-state index contributed by atoms with van der Waals surface area (Å²) in [4.78, 5) is 21.7. The van der Waals surface area contributed by atoms with E-state index >= 15 is 0 Å². The highest BCUT2D eigenvalue weighted by Crippen LogP contribution is 2.30. The van der Waals surface area contributed by atoms with Gasteiger partial charge in [-0.3, -0.25) is 14.4 Å². The number of carbonyl (C=O) groups is 1. The second-order valence-electron chi connectivity index (χ2n) is 7.19. The molecule has 0 saturated carbocycles. The third kappa shape index (κ3) is 4.90. The maximum atomic E-state index is 13.2. The van der Waals surface area contributed by atoms with E-state index in [9.17, 15) is 4.79 Å². The van der Waals surface area contributed by atoms with Gasteiger partial charge in [0, 0.05) is 25.3 Å². The smallest absolute Gasteiger partial charge is 0.280 e. The minimum Gasteiger partial charge on any atom is -0.308 e. The highest BCUT2D eigenvalue weighted by Gasteiger charge is 2.23. The molecule has 28 heavy (non-hydrogen) atoms. The standard InChI is InChI=1S/C20H27N5OS.ClH/c1-6-15-7-8-16-18(13-15)27-20(21-16)24(12-11-23(4)5)19(26)17-9-10-25(22-17)14(2)3;/h7-10,13-14H,6,11-12H2,1-5H3;1H. The SMILES string of the molecule is CCc1ccc2nc(N(CCN(C)C)C(=O)c3ccn(C(C)C)n3)sc2c1.Cl. The van der Waals surface area contributed by atoms with Crippen molar-refractivity contribution in [2.45, 2.75) is 33.2 Å². The summed E-state index contributed by atoms with van der Waals surface area (Å²) >= 11 is 1.56. The van der Waals surface area contributed by atoms with Crippen LogP contribution in [0.4, 0.5) is 5.13 Å². The second kappa shape index (κ2) is 9.49.